The Balaban J connectivity index is 2.64. The molecule has 1 aliphatic rings. The lowest BCUT2D eigenvalue weighted by molar-refractivity contribution is -0.138. The third kappa shape index (κ3) is 5.30. The van der Waals surface area contributed by atoms with Gasteiger partial charge in [-0.15, -0.1) is 0 Å². The smallest absolute Gasteiger partial charge is 0.315 e. The molecule has 1 rings (SSSR count). The van der Waals surface area contributed by atoms with E-state index in [-0.39, 0.29) is 18.0 Å². The molecular formula is C14H27F3N2. The van der Waals surface area contributed by atoms with E-state index in [0.717, 1.165) is 25.9 Å². The maximum absolute atomic E-state index is 12.4. The van der Waals surface area contributed by atoms with Crippen molar-refractivity contribution in [3.63, 3.8) is 0 Å². The van der Waals surface area contributed by atoms with Crippen LogP contribution in [0.3, 0.4) is 0 Å². The van der Waals surface area contributed by atoms with Gasteiger partial charge >= 0.3 is 6.18 Å². The van der Waals surface area contributed by atoms with Crippen LogP contribution in [0, 0.1) is 0 Å². The number of nitrogens with zero attached hydrogens (tertiary/aromatic N) is 1. The number of halogens is 3. The first-order valence-electron chi connectivity index (χ1n) is 7.26. The normalized spacial score (nSPS) is 21.2. The van der Waals surface area contributed by atoms with Gasteiger partial charge in [0, 0.05) is 18.0 Å². The van der Waals surface area contributed by atoms with Crippen LogP contribution in [-0.2, 0) is 0 Å². The Morgan fingerprint density at radius 2 is 1.58 bits per heavy atom. The van der Waals surface area contributed by atoms with Gasteiger partial charge in [0.15, 0.2) is 0 Å². The van der Waals surface area contributed by atoms with Crippen molar-refractivity contribution < 1.29 is 13.2 Å². The highest BCUT2D eigenvalue weighted by atomic mass is 19.4. The summed E-state index contributed by atoms with van der Waals surface area (Å²) in [6.45, 7) is 6.13. The fourth-order valence-electron chi connectivity index (χ4n) is 3.03. The summed E-state index contributed by atoms with van der Waals surface area (Å²) in [5.74, 6) is 0. The molecule has 1 atom stereocenters. The Hall–Kier alpha value is -0.290. The first-order valence-corrected chi connectivity index (χ1v) is 7.26. The number of alkyl halides is 3. The van der Waals surface area contributed by atoms with Crippen molar-refractivity contribution in [1.29, 1.82) is 0 Å². The van der Waals surface area contributed by atoms with Gasteiger partial charge in [-0.1, -0.05) is 12.8 Å². The van der Waals surface area contributed by atoms with E-state index in [0.29, 0.717) is 0 Å². The molecule has 1 N–H and O–H groups in total. The number of likely N-dealkylation sites (N-methyl/N-ethyl adjacent to an activating group) is 1. The Kier molecular flexibility index (Phi) is 6.12. The van der Waals surface area contributed by atoms with Crippen molar-refractivity contribution in [2.75, 3.05) is 20.1 Å². The molecule has 1 heterocycles. The van der Waals surface area contributed by atoms with Gasteiger partial charge in [-0.05, 0) is 53.2 Å². The maximum Gasteiger partial charge on any atom is 0.389 e. The minimum atomic E-state index is -4.07. The Bertz CT molecular complexity index is 256. The molecule has 0 amide bonds. The molecule has 0 saturated carbocycles. The van der Waals surface area contributed by atoms with Gasteiger partial charge in [0.25, 0.3) is 0 Å². The highest BCUT2D eigenvalue weighted by Crippen LogP contribution is 2.29. The average molecular weight is 280 g/mol. The van der Waals surface area contributed by atoms with Gasteiger partial charge in [-0.25, -0.2) is 0 Å². The summed E-state index contributed by atoms with van der Waals surface area (Å²) in [6.07, 6.45) is 0.139. The largest absolute Gasteiger partial charge is 0.389 e. The van der Waals surface area contributed by atoms with Crippen LogP contribution in [0.1, 0.15) is 52.4 Å². The first kappa shape index (κ1) is 16.8. The van der Waals surface area contributed by atoms with E-state index in [4.69, 9.17) is 0 Å². The van der Waals surface area contributed by atoms with Crippen molar-refractivity contribution in [1.82, 2.24) is 10.2 Å². The lowest BCUT2D eigenvalue weighted by Crippen LogP contribution is -2.57. The van der Waals surface area contributed by atoms with E-state index >= 15 is 0 Å². The Morgan fingerprint density at radius 1 is 1.05 bits per heavy atom. The first-order chi connectivity index (χ1) is 8.77. The summed E-state index contributed by atoms with van der Waals surface area (Å²) < 4.78 is 37.2. The van der Waals surface area contributed by atoms with Crippen molar-refractivity contribution in [2.45, 2.75) is 70.1 Å². The average Bonchev–Trinajstić information content (AvgIpc) is 2.56. The van der Waals surface area contributed by atoms with Crippen molar-refractivity contribution in [3.8, 4) is 0 Å². The summed E-state index contributed by atoms with van der Waals surface area (Å²) in [4.78, 5) is 2.36. The fraction of sp³-hybridized carbons (Fsp3) is 1.00. The minimum Gasteiger partial charge on any atom is -0.315 e. The molecule has 0 bridgehead atoms. The molecule has 0 aliphatic carbocycles. The van der Waals surface area contributed by atoms with E-state index < -0.39 is 12.6 Å². The van der Waals surface area contributed by atoms with Crippen LogP contribution in [0.4, 0.5) is 13.2 Å². The molecule has 114 valence electrons. The summed E-state index contributed by atoms with van der Waals surface area (Å²) >= 11 is 0. The highest BCUT2D eigenvalue weighted by Gasteiger charge is 2.37. The van der Waals surface area contributed by atoms with Crippen LogP contribution >= 0.6 is 0 Å². The molecule has 2 nitrogen and oxygen atoms in total. The van der Waals surface area contributed by atoms with E-state index in [1.54, 1.807) is 7.05 Å². The lowest BCUT2D eigenvalue weighted by atomic mass is 9.88. The van der Waals surface area contributed by atoms with E-state index in [2.05, 4.69) is 24.1 Å². The minimum absolute atomic E-state index is 0.132. The van der Waals surface area contributed by atoms with Gasteiger partial charge in [-0.2, -0.15) is 13.2 Å². The molecular weight excluding hydrogens is 253 g/mol. The number of hydrogen-bond donors (Lipinski definition) is 1. The second kappa shape index (κ2) is 6.93. The summed E-state index contributed by atoms with van der Waals surface area (Å²) in [7, 11) is 1.76. The fourth-order valence-corrected chi connectivity index (χ4v) is 3.03. The monoisotopic (exact) mass is 280 g/mol. The second-order valence-corrected chi connectivity index (χ2v) is 6.05. The predicted molar refractivity (Wildman–Crippen MR) is 72.3 cm³/mol. The number of rotatable bonds is 5. The highest BCUT2D eigenvalue weighted by molar-refractivity contribution is 4.93. The van der Waals surface area contributed by atoms with E-state index in [9.17, 15) is 13.2 Å². The zero-order chi connectivity index (χ0) is 14.5. The van der Waals surface area contributed by atoms with Crippen LogP contribution < -0.4 is 5.32 Å². The zero-order valence-electron chi connectivity index (χ0n) is 12.3. The van der Waals surface area contributed by atoms with Gasteiger partial charge in [0.05, 0.1) is 0 Å². The summed E-state index contributed by atoms with van der Waals surface area (Å²) in [6, 6.07) is -0.132. The molecule has 0 aromatic carbocycles. The van der Waals surface area contributed by atoms with Crippen LogP contribution in [-0.4, -0.2) is 42.8 Å². The topological polar surface area (TPSA) is 15.3 Å². The molecule has 1 fully saturated rings. The molecule has 1 saturated heterocycles. The molecule has 0 spiro atoms. The summed E-state index contributed by atoms with van der Waals surface area (Å²) in [5.41, 5.74) is -0.232. The Labute approximate surface area is 114 Å². The van der Waals surface area contributed by atoms with Crippen LogP contribution in [0.5, 0.6) is 0 Å². The molecule has 1 aliphatic heterocycles. The number of likely N-dealkylation sites (tertiary alicyclic amines) is 1. The zero-order valence-corrected chi connectivity index (χ0v) is 12.3. The summed E-state index contributed by atoms with van der Waals surface area (Å²) in [5, 5.41) is 3.09. The van der Waals surface area contributed by atoms with Gasteiger partial charge in [-0.3, -0.25) is 4.90 Å². The van der Waals surface area contributed by atoms with Gasteiger partial charge in [0.1, 0.15) is 0 Å². The van der Waals surface area contributed by atoms with Crippen LogP contribution in [0.2, 0.25) is 0 Å². The van der Waals surface area contributed by atoms with Crippen LogP contribution in [0.15, 0.2) is 0 Å². The number of hydrogen-bond acceptors (Lipinski definition) is 2. The standard InChI is InChI=1S/C14H27F3N2/c1-13(2,19-10-6-4-5-7-11-19)12(18-3)8-9-14(15,16)17/h12,18H,4-11H2,1-3H3. The third-order valence-corrected chi connectivity index (χ3v) is 4.34. The second-order valence-electron chi connectivity index (χ2n) is 6.05. The molecule has 1 unspecified atom stereocenters. The predicted octanol–water partition coefficient (Wildman–Crippen LogP) is 3.57. The van der Waals surface area contributed by atoms with E-state index in [1.807, 2.05) is 0 Å². The molecule has 19 heavy (non-hydrogen) atoms. The quantitative estimate of drug-likeness (QED) is 0.828. The third-order valence-electron chi connectivity index (χ3n) is 4.34. The van der Waals surface area contributed by atoms with Crippen molar-refractivity contribution in [3.05, 3.63) is 0 Å². The number of nitrogens with one attached hydrogen (secondary N) is 1. The Morgan fingerprint density at radius 3 is 2.00 bits per heavy atom. The van der Waals surface area contributed by atoms with Crippen molar-refractivity contribution >= 4 is 0 Å². The van der Waals surface area contributed by atoms with Gasteiger partial charge in [0.2, 0.25) is 0 Å². The van der Waals surface area contributed by atoms with E-state index in [1.165, 1.54) is 12.8 Å². The molecule has 0 aromatic heterocycles. The SMILES string of the molecule is CNC(CCC(F)(F)F)C(C)(C)N1CCCCCC1. The maximum atomic E-state index is 12.4. The molecule has 0 radical (unpaired) electrons. The van der Waals surface area contributed by atoms with Gasteiger partial charge < -0.3 is 5.32 Å². The lowest BCUT2D eigenvalue weighted by Gasteiger charge is -2.44. The van der Waals surface area contributed by atoms with Crippen molar-refractivity contribution in [2.24, 2.45) is 0 Å². The van der Waals surface area contributed by atoms with Crippen LogP contribution in [0.25, 0.3) is 0 Å². The molecule has 5 heteroatoms. The molecule has 0 aromatic rings.